The number of fused-ring (bicyclic) bond motifs is 5. The molecular formula is C14H8ClN3S. The standard InChI is InChI=1S/C14H8ClN3S/c15-8-5-6-10-9(7-8)13-16-11-3-1-2-4-12(11)18(13)14(19)17-10/h1-7,16H. The van der Waals surface area contributed by atoms with Crippen molar-refractivity contribution in [1.82, 2.24) is 14.4 Å². The number of nitrogens with one attached hydrogen (secondary N) is 1. The molecule has 2 heterocycles. The summed E-state index contributed by atoms with van der Waals surface area (Å²) in [5, 5.41) is 1.66. The third-order valence-electron chi connectivity index (χ3n) is 3.24. The zero-order valence-corrected chi connectivity index (χ0v) is 11.3. The molecule has 0 saturated heterocycles. The molecule has 0 spiro atoms. The van der Waals surface area contributed by atoms with E-state index in [4.69, 9.17) is 23.8 Å². The molecule has 0 saturated carbocycles. The van der Waals surface area contributed by atoms with Gasteiger partial charge in [0.1, 0.15) is 5.65 Å². The lowest BCUT2D eigenvalue weighted by Crippen LogP contribution is -1.92. The molecule has 2 aromatic carbocycles. The van der Waals surface area contributed by atoms with Gasteiger partial charge in [0.05, 0.1) is 16.6 Å². The third-order valence-corrected chi connectivity index (χ3v) is 3.75. The van der Waals surface area contributed by atoms with Crippen molar-refractivity contribution in [3.63, 3.8) is 0 Å². The lowest BCUT2D eigenvalue weighted by atomic mass is 10.2. The number of halogens is 1. The minimum absolute atomic E-state index is 0.544. The molecule has 3 nitrogen and oxygen atoms in total. The van der Waals surface area contributed by atoms with Crippen molar-refractivity contribution in [2.75, 3.05) is 0 Å². The first-order valence-corrected chi connectivity index (χ1v) is 6.61. The monoisotopic (exact) mass is 285 g/mol. The maximum Gasteiger partial charge on any atom is 0.206 e. The molecule has 4 rings (SSSR count). The van der Waals surface area contributed by atoms with Crippen molar-refractivity contribution < 1.29 is 0 Å². The van der Waals surface area contributed by atoms with Gasteiger partial charge in [-0.3, -0.25) is 4.40 Å². The molecular weight excluding hydrogens is 278 g/mol. The minimum atomic E-state index is 0.544. The summed E-state index contributed by atoms with van der Waals surface area (Å²) in [7, 11) is 0. The van der Waals surface area contributed by atoms with Gasteiger partial charge < -0.3 is 4.98 Å². The predicted molar refractivity (Wildman–Crippen MR) is 80.4 cm³/mol. The van der Waals surface area contributed by atoms with Crippen LogP contribution in [0, 0.1) is 4.77 Å². The average Bonchev–Trinajstić information content (AvgIpc) is 2.80. The van der Waals surface area contributed by atoms with Gasteiger partial charge in [0.2, 0.25) is 4.77 Å². The summed E-state index contributed by atoms with van der Waals surface area (Å²) in [6.45, 7) is 0. The smallest absolute Gasteiger partial charge is 0.206 e. The van der Waals surface area contributed by atoms with E-state index >= 15 is 0 Å². The Kier molecular flexibility index (Phi) is 2.19. The van der Waals surface area contributed by atoms with Crippen LogP contribution >= 0.6 is 23.8 Å². The van der Waals surface area contributed by atoms with Crippen LogP contribution in [0.2, 0.25) is 5.02 Å². The van der Waals surface area contributed by atoms with E-state index in [2.05, 4.69) is 9.97 Å². The summed E-state index contributed by atoms with van der Waals surface area (Å²) in [6, 6.07) is 13.6. The van der Waals surface area contributed by atoms with Crippen molar-refractivity contribution in [3.8, 4) is 0 Å². The molecule has 0 aliphatic rings. The fourth-order valence-corrected chi connectivity index (χ4v) is 2.87. The molecule has 0 fully saturated rings. The third kappa shape index (κ3) is 1.50. The molecule has 92 valence electrons. The van der Waals surface area contributed by atoms with Crippen LogP contribution in [0.3, 0.4) is 0 Å². The fourth-order valence-electron chi connectivity index (χ4n) is 2.41. The summed E-state index contributed by atoms with van der Waals surface area (Å²) in [5.74, 6) is 0. The highest BCUT2D eigenvalue weighted by molar-refractivity contribution is 7.71. The number of hydrogen-bond acceptors (Lipinski definition) is 2. The van der Waals surface area contributed by atoms with Crippen molar-refractivity contribution in [1.29, 1.82) is 0 Å². The van der Waals surface area contributed by atoms with Crippen LogP contribution in [0.1, 0.15) is 0 Å². The summed E-state index contributed by atoms with van der Waals surface area (Å²) in [4.78, 5) is 7.85. The molecule has 0 radical (unpaired) electrons. The van der Waals surface area contributed by atoms with Gasteiger partial charge in [0.15, 0.2) is 0 Å². The van der Waals surface area contributed by atoms with Crippen molar-refractivity contribution in [2.24, 2.45) is 0 Å². The number of para-hydroxylation sites is 2. The Morgan fingerprint density at radius 3 is 2.89 bits per heavy atom. The molecule has 19 heavy (non-hydrogen) atoms. The number of nitrogens with zero attached hydrogens (tertiary/aromatic N) is 2. The highest BCUT2D eigenvalue weighted by Gasteiger charge is 2.09. The van der Waals surface area contributed by atoms with Crippen molar-refractivity contribution in [3.05, 3.63) is 52.3 Å². The molecule has 0 amide bonds. The number of imidazole rings is 1. The Morgan fingerprint density at radius 2 is 2.00 bits per heavy atom. The van der Waals surface area contributed by atoms with Gasteiger partial charge in [-0.15, -0.1) is 0 Å². The fraction of sp³-hybridized carbons (Fsp3) is 0. The Balaban J connectivity index is 2.39. The van der Waals surface area contributed by atoms with Crippen LogP contribution in [0.4, 0.5) is 0 Å². The number of hydrogen-bond donors (Lipinski definition) is 1. The SMILES string of the molecule is S=c1nc2ccc(Cl)cc2c2[nH]c3ccccc3n12. The summed E-state index contributed by atoms with van der Waals surface area (Å²) in [6.07, 6.45) is 0. The number of rotatable bonds is 0. The molecule has 1 N–H and O–H groups in total. The molecule has 4 aromatic rings. The van der Waals surface area contributed by atoms with Gasteiger partial charge in [-0.1, -0.05) is 23.7 Å². The zero-order chi connectivity index (χ0) is 13.0. The normalized spacial score (nSPS) is 11.6. The molecule has 0 aliphatic carbocycles. The van der Waals surface area contributed by atoms with Gasteiger partial charge in [-0.25, -0.2) is 4.98 Å². The number of H-pyrrole nitrogens is 1. The molecule has 2 aromatic heterocycles. The topological polar surface area (TPSA) is 33.1 Å². The summed E-state index contributed by atoms with van der Waals surface area (Å²) >= 11 is 11.5. The maximum atomic E-state index is 6.08. The summed E-state index contributed by atoms with van der Waals surface area (Å²) < 4.78 is 2.49. The highest BCUT2D eigenvalue weighted by Crippen LogP contribution is 2.25. The largest absolute Gasteiger partial charge is 0.339 e. The van der Waals surface area contributed by atoms with E-state index in [-0.39, 0.29) is 0 Å². The van der Waals surface area contributed by atoms with Crippen LogP contribution in [0.5, 0.6) is 0 Å². The second kappa shape index (κ2) is 3.79. The number of benzene rings is 2. The Bertz CT molecular complexity index is 1000. The molecule has 0 atom stereocenters. The van der Waals surface area contributed by atoms with Gasteiger partial charge in [-0.05, 0) is 42.5 Å². The molecule has 0 bridgehead atoms. The van der Waals surface area contributed by atoms with E-state index in [0.29, 0.717) is 9.79 Å². The van der Waals surface area contributed by atoms with Crippen LogP contribution in [-0.2, 0) is 0 Å². The van der Waals surface area contributed by atoms with Crippen LogP contribution in [0.15, 0.2) is 42.5 Å². The number of aromatic nitrogens is 3. The van der Waals surface area contributed by atoms with Gasteiger partial charge >= 0.3 is 0 Å². The lowest BCUT2D eigenvalue weighted by Gasteiger charge is -2.01. The van der Waals surface area contributed by atoms with Crippen molar-refractivity contribution in [2.45, 2.75) is 0 Å². The number of aromatic amines is 1. The Morgan fingerprint density at radius 1 is 1.16 bits per heavy atom. The average molecular weight is 286 g/mol. The first kappa shape index (κ1) is 11.0. The van der Waals surface area contributed by atoms with Gasteiger partial charge in [0, 0.05) is 10.4 Å². The van der Waals surface area contributed by atoms with Crippen LogP contribution in [0.25, 0.3) is 27.6 Å². The van der Waals surface area contributed by atoms with Crippen LogP contribution in [-0.4, -0.2) is 14.4 Å². The Hall–Kier alpha value is -1.91. The van der Waals surface area contributed by atoms with E-state index in [1.807, 2.05) is 46.9 Å². The summed E-state index contributed by atoms with van der Waals surface area (Å²) in [5.41, 5.74) is 3.83. The van der Waals surface area contributed by atoms with Crippen molar-refractivity contribution >= 4 is 51.4 Å². The van der Waals surface area contributed by atoms with E-state index in [0.717, 1.165) is 27.6 Å². The first-order chi connectivity index (χ1) is 9.24. The highest BCUT2D eigenvalue weighted by atomic mass is 35.5. The van der Waals surface area contributed by atoms with Gasteiger partial charge in [0.25, 0.3) is 0 Å². The second-order valence-corrected chi connectivity index (χ2v) is 5.18. The zero-order valence-electron chi connectivity index (χ0n) is 9.72. The molecule has 5 heteroatoms. The second-order valence-electron chi connectivity index (χ2n) is 4.38. The maximum absolute atomic E-state index is 6.08. The van der Waals surface area contributed by atoms with E-state index < -0.39 is 0 Å². The van der Waals surface area contributed by atoms with E-state index in [9.17, 15) is 0 Å². The van der Waals surface area contributed by atoms with E-state index in [1.165, 1.54) is 0 Å². The minimum Gasteiger partial charge on any atom is -0.339 e. The molecule has 0 aliphatic heterocycles. The quantitative estimate of drug-likeness (QED) is 0.487. The van der Waals surface area contributed by atoms with Gasteiger partial charge in [-0.2, -0.15) is 0 Å². The van der Waals surface area contributed by atoms with E-state index in [1.54, 1.807) is 0 Å². The molecule has 0 unspecified atom stereocenters. The predicted octanol–water partition coefficient (Wildman–Crippen LogP) is 4.35. The van der Waals surface area contributed by atoms with Crippen LogP contribution < -0.4 is 0 Å². The lowest BCUT2D eigenvalue weighted by molar-refractivity contribution is 1.12. The Labute approximate surface area is 118 Å². The first-order valence-electron chi connectivity index (χ1n) is 5.83.